The van der Waals surface area contributed by atoms with Gasteiger partial charge in [-0.25, -0.2) is 14.2 Å². The average molecular weight is 356 g/mol. The summed E-state index contributed by atoms with van der Waals surface area (Å²) < 4.78 is 14.7. The lowest BCUT2D eigenvalue weighted by atomic mass is 9.99. The monoisotopic (exact) mass is 356 g/mol. The van der Waals surface area contributed by atoms with Crippen LogP contribution < -0.4 is 15.5 Å². The van der Waals surface area contributed by atoms with E-state index in [1.165, 1.54) is 0 Å². The topological polar surface area (TPSA) is 73.4 Å². The highest BCUT2D eigenvalue weighted by Crippen LogP contribution is 2.25. The lowest BCUT2D eigenvalue weighted by Gasteiger charge is -2.35. The molecule has 1 aromatic carbocycles. The summed E-state index contributed by atoms with van der Waals surface area (Å²) in [7, 11) is 0. The molecule has 0 radical (unpaired) electrons. The van der Waals surface area contributed by atoms with E-state index in [0.717, 1.165) is 17.9 Å². The van der Waals surface area contributed by atoms with E-state index >= 15 is 0 Å². The fourth-order valence-corrected chi connectivity index (χ4v) is 3.42. The lowest BCUT2D eigenvalue weighted by molar-refractivity contribution is 0.208. The van der Waals surface area contributed by atoms with Crippen LogP contribution in [-0.2, 0) is 13.0 Å². The van der Waals surface area contributed by atoms with Gasteiger partial charge in [0.2, 0.25) is 0 Å². The molecule has 0 saturated carbocycles. The molecule has 2 aliphatic rings. The van der Waals surface area contributed by atoms with E-state index in [4.69, 9.17) is 0 Å². The van der Waals surface area contributed by atoms with Crippen LogP contribution in [0.5, 0.6) is 0 Å². The highest BCUT2D eigenvalue weighted by molar-refractivity contribution is 5.89. The largest absolute Gasteiger partial charge is 0.352 e. The van der Waals surface area contributed by atoms with Crippen molar-refractivity contribution < 1.29 is 9.18 Å². The smallest absolute Gasteiger partial charge is 0.322 e. The maximum Gasteiger partial charge on any atom is 0.322 e. The van der Waals surface area contributed by atoms with Crippen LogP contribution in [0.15, 0.2) is 30.7 Å². The number of nitrogens with one attached hydrogen (secondary N) is 2. The van der Waals surface area contributed by atoms with Crippen molar-refractivity contribution in [2.24, 2.45) is 0 Å². The number of fused-ring (bicyclic) bond motifs is 1. The minimum atomic E-state index is -0.310. The zero-order chi connectivity index (χ0) is 17.9. The summed E-state index contributed by atoms with van der Waals surface area (Å²) >= 11 is 0. The molecule has 1 aromatic heterocycles. The first-order chi connectivity index (χ1) is 12.7. The van der Waals surface area contributed by atoms with E-state index in [9.17, 15) is 9.18 Å². The Hall–Kier alpha value is -2.74. The number of rotatable bonds is 2. The molecule has 0 spiro atoms. The molecule has 3 heterocycles. The molecule has 0 bridgehead atoms. The van der Waals surface area contributed by atoms with Gasteiger partial charge >= 0.3 is 6.03 Å². The fourth-order valence-electron chi connectivity index (χ4n) is 3.42. The number of benzene rings is 1. The Labute approximate surface area is 151 Å². The van der Waals surface area contributed by atoms with Gasteiger partial charge in [-0.2, -0.15) is 0 Å². The van der Waals surface area contributed by atoms with E-state index in [-0.39, 0.29) is 17.5 Å². The second-order valence-electron chi connectivity index (χ2n) is 6.46. The lowest BCUT2D eigenvalue weighted by Crippen LogP contribution is -2.50. The summed E-state index contributed by atoms with van der Waals surface area (Å²) in [5, 5.41) is 5.95. The standard InChI is InChI=1S/C18H21FN6O/c19-17-14-3-4-20-11-13(14)1-2-15(17)23-18(26)25-9-7-24(8-10-25)16-12-21-5-6-22-16/h1-2,5-6,12,20H,3-4,7-11H2,(H,23,26). The first kappa shape index (κ1) is 16.7. The van der Waals surface area contributed by atoms with Crippen molar-refractivity contribution in [3.8, 4) is 0 Å². The third kappa shape index (κ3) is 3.32. The molecule has 1 fully saturated rings. The molecular formula is C18H21FN6O. The highest BCUT2D eigenvalue weighted by atomic mass is 19.1. The van der Waals surface area contributed by atoms with Crippen LogP contribution in [-0.4, -0.2) is 53.6 Å². The number of carbonyl (C=O) groups is 1. The van der Waals surface area contributed by atoms with Gasteiger partial charge in [0, 0.05) is 45.1 Å². The number of hydrogen-bond donors (Lipinski definition) is 2. The van der Waals surface area contributed by atoms with Gasteiger partial charge in [-0.3, -0.25) is 4.98 Å². The Morgan fingerprint density at radius 1 is 1.19 bits per heavy atom. The third-order valence-electron chi connectivity index (χ3n) is 4.89. The Kier molecular flexibility index (Phi) is 4.66. The molecule has 0 atom stereocenters. The van der Waals surface area contributed by atoms with E-state index in [1.807, 2.05) is 6.07 Å². The van der Waals surface area contributed by atoms with Gasteiger partial charge in [0.15, 0.2) is 0 Å². The number of halogens is 1. The Bertz CT molecular complexity index is 792. The maximum absolute atomic E-state index is 14.7. The summed E-state index contributed by atoms with van der Waals surface area (Å²) in [5.41, 5.74) is 1.92. The van der Waals surface area contributed by atoms with Crippen LogP contribution in [0.3, 0.4) is 0 Å². The molecular weight excluding hydrogens is 335 g/mol. The van der Waals surface area contributed by atoms with Crippen LogP contribution >= 0.6 is 0 Å². The number of aromatic nitrogens is 2. The van der Waals surface area contributed by atoms with Gasteiger partial charge in [-0.15, -0.1) is 0 Å². The van der Waals surface area contributed by atoms with Crippen molar-refractivity contribution in [2.45, 2.75) is 13.0 Å². The Balaban J connectivity index is 1.39. The first-order valence-corrected chi connectivity index (χ1v) is 8.80. The number of nitrogens with zero attached hydrogens (tertiary/aromatic N) is 4. The average Bonchev–Trinajstić information content (AvgIpc) is 2.71. The van der Waals surface area contributed by atoms with E-state index in [1.54, 1.807) is 29.6 Å². The zero-order valence-electron chi connectivity index (χ0n) is 14.4. The molecule has 7 nitrogen and oxygen atoms in total. The van der Waals surface area contributed by atoms with Gasteiger partial charge < -0.3 is 20.4 Å². The van der Waals surface area contributed by atoms with Gasteiger partial charge in [0.05, 0.1) is 11.9 Å². The van der Waals surface area contributed by atoms with E-state index < -0.39 is 0 Å². The number of carbonyl (C=O) groups excluding carboxylic acids is 1. The van der Waals surface area contributed by atoms with Crippen molar-refractivity contribution in [2.75, 3.05) is 42.9 Å². The second-order valence-corrected chi connectivity index (χ2v) is 6.46. The van der Waals surface area contributed by atoms with Crippen molar-refractivity contribution >= 4 is 17.5 Å². The molecule has 2 N–H and O–H groups in total. The number of anilines is 2. The number of amides is 2. The third-order valence-corrected chi connectivity index (χ3v) is 4.89. The Morgan fingerprint density at radius 3 is 2.81 bits per heavy atom. The maximum atomic E-state index is 14.7. The SMILES string of the molecule is O=C(Nc1ccc2c(c1F)CCNC2)N1CCN(c2cnccn2)CC1. The minimum absolute atomic E-state index is 0.256. The number of hydrogen-bond acceptors (Lipinski definition) is 5. The molecule has 0 unspecified atom stereocenters. The second kappa shape index (κ2) is 7.25. The predicted octanol–water partition coefficient (Wildman–Crippen LogP) is 1.62. The fraction of sp³-hybridized carbons (Fsp3) is 0.389. The molecule has 2 aliphatic heterocycles. The van der Waals surface area contributed by atoms with Crippen LogP contribution in [0.2, 0.25) is 0 Å². The molecule has 1 saturated heterocycles. The van der Waals surface area contributed by atoms with Crippen molar-refractivity contribution in [3.05, 3.63) is 47.7 Å². The quantitative estimate of drug-likeness (QED) is 0.855. The molecule has 0 aliphatic carbocycles. The molecule has 2 aromatic rings. The molecule has 4 rings (SSSR count). The van der Waals surface area contributed by atoms with Crippen LogP contribution in [0.4, 0.5) is 20.7 Å². The summed E-state index contributed by atoms with van der Waals surface area (Å²) in [6, 6.07) is 3.26. The van der Waals surface area contributed by atoms with Crippen LogP contribution in [0.25, 0.3) is 0 Å². The predicted molar refractivity (Wildman–Crippen MR) is 96.6 cm³/mol. The Morgan fingerprint density at radius 2 is 2.04 bits per heavy atom. The molecule has 26 heavy (non-hydrogen) atoms. The number of urea groups is 1. The normalized spacial score (nSPS) is 17.0. The van der Waals surface area contributed by atoms with Crippen molar-refractivity contribution in [1.29, 1.82) is 0 Å². The van der Waals surface area contributed by atoms with Gasteiger partial charge in [-0.05, 0) is 30.2 Å². The summed E-state index contributed by atoms with van der Waals surface area (Å²) in [5.74, 6) is 0.498. The molecule has 8 heteroatoms. The summed E-state index contributed by atoms with van der Waals surface area (Å²) in [4.78, 5) is 24.7. The zero-order valence-corrected chi connectivity index (χ0v) is 14.4. The molecule has 2 amide bonds. The van der Waals surface area contributed by atoms with E-state index in [2.05, 4.69) is 25.5 Å². The van der Waals surface area contributed by atoms with Crippen molar-refractivity contribution in [1.82, 2.24) is 20.2 Å². The van der Waals surface area contributed by atoms with Crippen LogP contribution in [0.1, 0.15) is 11.1 Å². The summed E-state index contributed by atoms with van der Waals surface area (Å²) in [6.07, 6.45) is 5.65. The number of piperazine rings is 1. The van der Waals surface area contributed by atoms with Crippen molar-refractivity contribution in [3.63, 3.8) is 0 Å². The highest BCUT2D eigenvalue weighted by Gasteiger charge is 2.24. The minimum Gasteiger partial charge on any atom is -0.352 e. The van der Waals surface area contributed by atoms with Gasteiger partial charge in [0.1, 0.15) is 11.6 Å². The van der Waals surface area contributed by atoms with E-state index in [0.29, 0.717) is 44.7 Å². The summed E-state index contributed by atoms with van der Waals surface area (Å²) in [6.45, 7) is 3.88. The first-order valence-electron chi connectivity index (χ1n) is 8.80. The van der Waals surface area contributed by atoms with Crippen LogP contribution in [0, 0.1) is 5.82 Å². The van der Waals surface area contributed by atoms with Gasteiger partial charge in [0.25, 0.3) is 0 Å². The van der Waals surface area contributed by atoms with Gasteiger partial charge in [-0.1, -0.05) is 6.07 Å². The molecule has 136 valence electrons.